The summed E-state index contributed by atoms with van der Waals surface area (Å²) in [5, 5.41) is 2.27. The van der Waals surface area contributed by atoms with Crippen LogP contribution in [0.15, 0.2) is 72.8 Å². The number of nitrogens with one attached hydrogen (secondary N) is 1. The first-order chi connectivity index (χ1) is 20.5. The van der Waals surface area contributed by atoms with Gasteiger partial charge in [-0.2, -0.15) is 0 Å². The second kappa shape index (κ2) is 20.8. The molecule has 0 bridgehead atoms. The van der Waals surface area contributed by atoms with Crippen LogP contribution in [0.2, 0.25) is 0 Å². The lowest BCUT2D eigenvalue weighted by molar-refractivity contribution is -0.114. The number of unbranched alkanes of at least 4 members (excludes halogenated alkanes) is 3. The molecule has 1 N–H and O–H groups in total. The highest BCUT2D eigenvalue weighted by Gasteiger charge is 2.33. The van der Waals surface area contributed by atoms with Crippen LogP contribution in [0, 0.1) is 28.8 Å². The zero-order valence-corrected chi connectivity index (χ0v) is 27.5. The van der Waals surface area contributed by atoms with E-state index in [0.29, 0.717) is 11.3 Å². The van der Waals surface area contributed by atoms with Crippen LogP contribution in [0.3, 0.4) is 0 Å². The number of rotatable bonds is 13. The first kappa shape index (κ1) is 37.9. The predicted octanol–water partition coefficient (Wildman–Crippen LogP) is 11.9. The van der Waals surface area contributed by atoms with Gasteiger partial charge in [-0.15, -0.1) is 0 Å². The molecule has 0 aliphatic carbocycles. The van der Waals surface area contributed by atoms with Crippen molar-refractivity contribution in [1.29, 1.82) is 0 Å². The Bertz CT molecular complexity index is 1140. The van der Waals surface area contributed by atoms with Crippen LogP contribution in [0.25, 0.3) is 0 Å². The minimum Gasteiger partial charge on any atom is -0.326 e. The van der Waals surface area contributed by atoms with Gasteiger partial charge < -0.3 is 5.32 Å². The summed E-state index contributed by atoms with van der Waals surface area (Å²) in [6.45, 7) is 15.0. The Hall–Kier alpha value is -3.08. The minimum absolute atomic E-state index is 0.125. The molecule has 0 radical (unpaired) electrons. The van der Waals surface area contributed by atoms with Crippen molar-refractivity contribution in [2.75, 3.05) is 5.32 Å². The van der Waals surface area contributed by atoms with E-state index in [-0.39, 0.29) is 17.4 Å². The molecule has 3 aromatic rings. The second-order valence-corrected chi connectivity index (χ2v) is 12.0. The van der Waals surface area contributed by atoms with Gasteiger partial charge in [-0.25, -0.2) is 13.2 Å². The van der Waals surface area contributed by atoms with Crippen molar-refractivity contribution in [3.8, 4) is 0 Å². The van der Waals surface area contributed by atoms with Crippen molar-refractivity contribution in [1.82, 2.24) is 0 Å². The van der Waals surface area contributed by atoms with Crippen molar-refractivity contribution < 1.29 is 18.0 Å². The summed E-state index contributed by atoms with van der Waals surface area (Å²) < 4.78 is 38.1. The summed E-state index contributed by atoms with van der Waals surface area (Å²) >= 11 is 0. The molecule has 3 aromatic carbocycles. The number of hydrogen-bond donors (Lipinski definition) is 1. The fraction of sp³-hybridized carbons (Fsp3) is 0.500. The summed E-state index contributed by atoms with van der Waals surface area (Å²) in [5.41, 5.74) is 3.24. The Kier molecular flexibility index (Phi) is 18.3. The molecule has 3 rings (SSSR count). The number of benzene rings is 3. The molecule has 0 saturated heterocycles. The van der Waals surface area contributed by atoms with E-state index >= 15 is 0 Å². The number of anilines is 1. The molecule has 43 heavy (non-hydrogen) atoms. The fourth-order valence-corrected chi connectivity index (χ4v) is 5.64. The maximum absolute atomic E-state index is 13.2. The molecule has 0 aromatic heterocycles. The second-order valence-electron chi connectivity index (χ2n) is 12.0. The number of carbonyl (C=O) groups is 1. The molecular weight excluding hydrogens is 543 g/mol. The largest absolute Gasteiger partial charge is 0.326 e. The first-order valence-corrected chi connectivity index (χ1v) is 16.0. The van der Waals surface area contributed by atoms with E-state index in [0.717, 1.165) is 24.1 Å². The predicted molar refractivity (Wildman–Crippen MR) is 177 cm³/mol. The van der Waals surface area contributed by atoms with Gasteiger partial charge in [-0.05, 0) is 78.3 Å². The number of halogens is 3. The SMILES string of the molecule is CC(=O)Nc1cc(F)cc(F)c1.CC(C)Cc1ccccc1.CCCCCCC(CC)(CCC)C(C)c1ccc(F)cc1. The number of amides is 1. The zero-order valence-electron chi connectivity index (χ0n) is 27.5. The lowest BCUT2D eigenvalue weighted by atomic mass is 9.65. The lowest BCUT2D eigenvalue weighted by Crippen LogP contribution is -2.27. The molecule has 2 atom stereocenters. The Balaban J connectivity index is 0.000000354. The van der Waals surface area contributed by atoms with Gasteiger partial charge in [0.25, 0.3) is 0 Å². The topological polar surface area (TPSA) is 29.1 Å². The van der Waals surface area contributed by atoms with Crippen molar-refractivity contribution in [2.24, 2.45) is 11.3 Å². The maximum Gasteiger partial charge on any atom is 0.221 e. The van der Waals surface area contributed by atoms with Gasteiger partial charge in [0.15, 0.2) is 0 Å². The average molecular weight is 598 g/mol. The summed E-state index contributed by atoms with van der Waals surface area (Å²) in [7, 11) is 0. The third-order valence-electron chi connectivity index (χ3n) is 7.94. The van der Waals surface area contributed by atoms with Gasteiger partial charge in [-0.1, -0.05) is 116 Å². The van der Waals surface area contributed by atoms with Gasteiger partial charge in [0.1, 0.15) is 17.5 Å². The van der Waals surface area contributed by atoms with Gasteiger partial charge in [-0.3, -0.25) is 4.79 Å². The average Bonchev–Trinajstić information content (AvgIpc) is 2.95. The number of hydrogen-bond acceptors (Lipinski definition) is 1. The quantitative estimate of drug-likeness (QED) is 0.195. The molecule has 0 aliphatic rings. The van der Waals surface area contributed by atoms with Crippen LogP contribution >= 0.6 is 0 Å². The summed E-state index contributed by atoms with van der Waals surface area (Å²) in [4.78, 5) is 10.5. The van der Waals surface area contributed by atoms with Gasteiger partial charge in [0.05, 0.1) is 0 Å². The first-order valence-electron chi connectivity index (χ1n) is 16.0. The van der Waals surface area contributed by atoms with Crippen molar-refractivity contribution in [2.45, 2.75) is 112 Å². The molecule has 5 heteroatoms. The minimum atomic E-state index is -0.709. The highest BCUT2D eigenvalue weighted by atomic mass is 19.1. The zero-order chi connectivity index (χ0) is 32.3. The van der Waals surface area contributed by atoms with Crippen molar-refractivity contribution in [3.63, 3.8) is 0 Å². The third-order valence-corrected chi connectivity index (χ3v) is 7.94. The third kappa shape index (κ3) is 15.3. The lowest BCUT2D eigenvalue weighted by Gasteiger charge is -2.39. The molecule has 0 fully saturated rings. The fourth-order valence-electron chi connectivity index (χ4n) is 5.64. The summed E-state index contributed by atoms with van der Waals surface area (Å²) in [6.07, 6.45) is 11.5. The van der Waals surface area contributed by atoms with E-state index < -0.39 is 11.6 Å². The van der Waals surface area contributed by atoms with Crippen LogP contribution in [-0.4, -0.2) is 5.91 Å². The molecule has 0 heterocycles. The Morgan fingerprint density at radius 3 is 1.84 bits per heavy atom. The number of carbonyl (C=O) groups excluding carboxylic acids is 1. The maximum atomic E-state index is 13.2. The van der Waals surface area contributed by atoms with Crippen molar-refractivity contribution in [3.05, 3.63) is 101 Å². The van der Waals surface area contributed by atoms with E-state index in [1.165, 1.54) is 75.8 Å². The molecule has 238 valence electrons. The molecule has 0 aliphatic heterocycles. The van der Waals surface area contributed by atoms with Crippen LogP contribution in [0.5, 0.6) is 0 Å². The highest BCUT2D eigenvalue weighted by Crippen LogP contribution is 2.46. The molecule has 0 saturated carbocycles. The Morgan fingerprint density at radius 2 is 1.35 bits per heavy atom. The monoisotopic (exact) mass is 597 g/mol. The normalized spacial score (nSPS) is 12.7. The molecule has 2 nitrogen and oxygen atoms in total. The molecule has 0 spiro atoms. The molecule has 2 unspecified atom stereocenters. The van der Waals surface area contributed by atoms with E-state index in [2.05, 4.69) is 77.2 Å². The Morgan fingerprint density at radius 1 is 0.744 bits per heavy atom. The van der Waals surface area contributed by atoms with Crippen LogP contribution in [0.1, 0.15) is 117 Å². The van der Waals surface area contributed by atoms with Gasteiger partial charge >= 0.3 is 0 Å². The smallest absolute Gasteiger partial charge is 0.221 e. The van der Waals surface area contributed by atoms with Gasteiger partial charge in [0, 0.05) is 18.7 Å². The van der Waals surface area contributed by atoms with Crippen LogP contribution < -0.4 is 5.32 Å². The van der Waals surface area contributed by atoms with Crippen LogP contribution in [-0.2, 0) is 11.2 Å². The standard InChI is InChI=1S/C20H33F.C10H14.C8H7F2NO/c1-5-8-9-10-16-20(7-3,15-6-2)17(4)18-11-13-19(21)14-12-18;1-9(2)8-10-6-4-3-5-7-10;1-5(12)11-8-3-6(9)2-7(10)4-8/h11-14,17H,5-10,15-16H2,1-4H3;3-7,9H,8H2,1-2H3;2-4H,1H3,(H,11,12). The van der Waals surface area contributed by atoms with Crippen molar-refractivity contribution >= 4 is 11.6 Å². The van der Waals surface area contributed by atoms with Crippen LogP contribution in [0.4, 0.5) is 18.9 Å². The Labute approximate surface area is 259 Å². The highest BCUT2D eigenvalue weighted by molar-refractivity contribution is 5.88. The van der Waals surface area contributed by atoms with E-state index in [1.807, 2.05) is 12.1 Å². The van der Waals surface area contributed by atoms with Gasteiger partial charge in [0.2, 0.25) is 5.91 Å². The molecular formula is C38H54F3NO. The summed E-state index contributed by atoms with van der Waals surface area (Å²) in [5.74, 6) is -0.643. The summed E-state index contributed by atoms with van der Waals surface area (Å²) in [6, 6.07) is 20.6. The van der Waals surface area contributed by atoms with E-state index in [1.54, 1.807) is 12.1 Å². The van der Waals surface area contributed by atoms with E-state index in [4.69, 9.17) is 0 Å². The molecule has 1 amide bonds. The van der Waals surface area contributed by atoms with E-state index in [9.17, 15) is 18.0 Å².